The van der Waals surface area contributed by atoms with E-state index in [1.165, 1.54) is 12.1 Å². The second-order valence-corrected chi connectivity index (χ2v) is 4.17. The highest BCUT2D eigenvalue weighted by Crippen LogP contribution is 2.35. The maximum absolute atomic E-state index is 13.3. The molecule has 1 saturated heterocycles. The molecule has 0 aliphatic carbocycles. The summed E-state index contributed by atoms with van der Waals surface area (Å²) in [6.45, 7) is 2.17. The molecule has 1 N–H and O–H groups in total. The molecule has 0 amide bonds. The molecule has 17 heavy (non-hydrogen) atoms. The van der Waals surface area contributed by atoms with Crippen LogP contribution in [-0.2, 0) is 4.74 Å². The maximum atomic E-state index is 13.3. The van der Waals surface area contributed by atoms with Gasteiger partial charge in [-0.05, 0) is 24.6 Å². The van der Waals surface area contributed by atoms with Crippen LogP contribution >= 0.6 is 12.4 Å². The van der Waals surface area contributed by atoms with Crippen LogP contribution in [0.2, 0.25) is 0 Å². The van der Waals surface area contributed by atoms with Gasteiger partial charge in [0.15, 0.2) is 0 Å². The summed E-state index contributed by atoms with van der Waals surface area (Å²) < 4.78 is 24.6. The number of rotatable bonds is 0. The Bertz CT molecular complexity index is 402. The Labute approximate surface area is 106 Å². The van der Waals surface area contributed by atoms with Gasteiger partial charge in [-0.2, -0.15) is 0 Å². The zero-order valence-corrected chi connectivity index (χ0v) is 10.1. The molecule has 0 bridgehead atoms. The van der Waals surface area contributed by atoms with Gasteiger partial charge in [0.05, 0.1) is 13.2 Å². The number of halogens is 2. The Morgan fingerprint density at radius 3 is 3.06 bits per heavy atom. The molecule has 2 heterocycles. The van der Waals surface area contributed by atoms with E-state index in [1.807, 2.05) is 0 Å². The summed E-state index contributed by atoms with van der Waals surface area (Å²) in [6.07, 6.45) is 0.808. The average Bonchev–Trinajstić information content (AvgIpc) is 2.48. The molecule has 3 rings (SSSR count). The molecule has 1 fully saturated rings. The van der Waals surface area contributed by atoms with Gasteiger partial charge in [-0.3, -0.25) is 0 Å². The summed E-state index contributed by atoms with van der Waals surface area (Å²) >= 11 is 0. The fourth-order valence-electron chi connectivity index (χ4n) is 2.38. The van der Waals surface area contributed by atoms with Crippen LogP contribution in [0.1, 0.15) is 18.1 Å². The minimum absolute atomic E-state index is 0. The lowest BCUT2D eigenvalue weighted by Gasteiger charge is -2.31. The van der Waals surface area contributed by atoms with Crippen LogP contribution in [0.15, 0.2) is 18.2 Å². The van der Waals surface area contributed by atoms with Crippen molar-refractivity contribution in [3.63, 3.8) is 0 Å². The lowest BCUT2D eigenvalue weighted by atomic mass is 9.99. The number of morpholine rings is 1. The van der Waals surface area contributed by atoms with Gasteiger partial charge >= 0.3 is 0 Å². The molecule has 1 aromatic rings. The van der Waals surface area contributed by atoms with Gasteiger partial charge in [0.25, 0.3) is 0 Å². The highest BCUT2D eigenvalue weighted by molar-refractivity contribution is 5.85. The zero-order chi connectivity index (χ0) is 11.0. The van der Waals surface area contributed by atoms with Crippen LogP contribution < -0.4 is 10.1 Å². The van der Waals surface area contributed by atoms with E-state index < -0.39 is 0 Å². The molecule has 0 aromatic heterocycles. The van der Waals surface area contributed by atoms with Gasteiger partial charge in [-0.1, -0.05) is 0 Å². The topological polar surface area (TPSA) is 30.5 Å². The largest absolute Gasteiger partial charge is 0.493 e. The molecule has 5 heteroatoms. The fourth-order valence-corrected chi connectivity index (χ4v) is 2.38. The van der Waals surface area contributed by atoms with E-state index in [4.69, 9.17) is 9.47 Å². The third-order valence-corrected chi connectivity index (χ3v) is 3.14. The van der Waals surface area contributed by atoms with Crippen molar-refractivity contribution in [2.24, 2.45) is 0 Å². The second-order valence-electron chi connectivity index (χ2n) is 4.17. The predicted octanol–water partition coefficient (Wildman–Crippen LogP) is 2.06. The Hall–Kier alpha value is -0.840. The highest BCUT2D eigenvalue weighted by Gasteiger charge is 2.31. The maximum Gasteiger partial charge on any atom is 0.125 e. The van der Waals surface area contributed by atoms with Gasteiger partial charge in [-0.25, -0.2) is 4.39 Å². The number of ether oxygens (including phenoxy) is 2. The minimum atomic E-state index is -0.239. The van der Waals surface area contributed by atoms with E-state index in [1.54, 1.807) is 6.07 Å². The molecular formula is C12H15ClFNO2. The summed E-state index contributed by atoms with van der Waals surface area (Å²) in [7, 11) is 0. The summed E-state index contributed by atoms with van der Waals surface area (Å²) in [6, 6.07) is 4.86. The monoisotopic (exact) mass is 259 g/mol. The third-order valence-electron chi connectivity index (χ3n) is 3.14. The Balaban J connectivity index is 0.00000108. The number of benzene rings is 1. The van der Waals surface area contributed by atoms with Crippen LogP contribution in [0.5, 0.6) is 5.75 Å². The highest BCUT2D eigenvalue weighted by atomic mass is 35.5. The standard InChI is InChI=1S/C12H14FNO2.ClH/c13-8-1-2-11-9(7-8)12-10(3-5-15-11)14-4-6-16-12;/h1-2,7,10,12,14H,3-6H2;1H/t10-,12-;/m1./s1. The lowest BCUT2D eigenvalue weighted by molar-refractivity contribution is -0.00598. The fraction of sp³-hybridized carbons (Fsp3) is 0.500. The molecule has 1 aromatic carbocycles. The average molecular weight is 260 g/mol. The van der Waals surface area contributed by atoms with Crippen molar-refractivity contribution in [3.8, 4) is 5.75 Å². The van der Waals surface area contributed by atoms with Crippen molar-refractivity contribution in [1.82, 2.24) is 5.32 Å². The number of nitrogens with one attached hydrogen (secondary N) is 1. The molecule has 0 saturated carbocycles. The van der Waals surface area contributed by atoms with E-state index in [-0.39, 0.29) is 30.4 Å². The van der Waals surface area contributed by atoms with Crippen LogP contribution in [0, 0.1) is 5.82 Å². The van der Waals surface area contributed by atoms with Gasteiger partial charge in [0, 0.05) is 18.2 Å². The summed E-state index contributed by atoms with van der Waals surface area (Å²) in [5.74, 6) is 0.509. The Kier molecular flexibility index (Phi) is 3.86. The first kappa shape index (κ1) is 12.6. The van der Waals surface area contributed by atoms with Gasteiger partial charge in [-0.15, -0.1) is 12.4 Å². The first-order valence-corrected chi connectivity index (χ1v) is 5.62. The Morgan fingerprint density at radius 1 is 1.29 bits per heavy atom. The first-order valence-electron chi connectivity index (χ1n) is 5.62. The smallest absolute Gasteiger partial charge is 0.125 e. The quantitative estimate of drug-likeness (QED) is 0.774. The summed E-state index contributed by atoms with van der Waals surface area (Å²) in [4.78, 5) is 0. The van der Waals surface area contributed by atoms with E-state index in [0.29, 0.717) is 13.2 Å². The molecule has 2 atom stereocenters. The van der Waals surface area contributed by atoms with Crippen molar-refractivity contribution >= 4 is 12.4 Å². The first-order chi connectivity index (χ1) is 7.84. The second kappa shape index (κ2) is 5.21. The summed E-state index contributed by atoms with van der Waals surface area (Å²) in [5.41, 5.74) is 0.828. The van der Waals surface area contributed by atoms with Crippen molar-refractivity contribution in [1.29, 1.82) is 0 Å². The van der Waals surface area contributed by atoms with Crippen LogP contribution in [0.25, 0.3) is 0 Å². The molecule has 2 aliphatic rings. The molecule has 94 valence electrons. The molecule has 0 spiro atoms. The van der Waals surface area contributed by atoms with Gasteiger partial charge < -0.3 is 14.8 Å². The number of fused-ring (bicyclic) bond motifs is 3. The normalized spacial score (nSPS) is 26.9. The Morgan fingerprint density at radius 2 is 2.18 bits per heavy atom. The molecular weight excluding hydrogens is 245 g/mol. The predicted molar refractivity (Wildman–Crippen MR) is 64.2 cm³/mol. The van der Waals surface area contributed by atoms with Crippen molar-refractivity contribution in [2.45, 2.75) is 18.6 Å². The van der Waals surface area contributed by atoms with Crippen molar-refractivity contribution in [3.05, 3.63) is 29.6 Å². The zero-order valence-electron chi connectivity index (χ0n) is 9.32. The van der Waals surface area contributed by atoms with Gasteiger partial charge in [0.2, 0.25) is 0 Å². The van der Waals surface area contributed by atoms with Crippen molar-refractivity contribution < 1.29 is 13.9 Å². The third kappa shape index (κ3) is 2.39. The number of hydrogen-bond donors (Lipinski definition) is 1. The van der Waals surface area contributed by atoms with Crippen LogP contribution in [0.3, 0.4) is 0 Å². The molecule has 3 nitrogen and oxygen atoms in total. The van der Waals surface area contributed by atoms with E-state index >= 15 is 0 Å². The van der Waals surface area contributed by atoms with Crippen molar-refractivity contribution in [2.75, 3.05) is 19.8 Å². The SMILES string of the molecule is Cl.Fc1ccc2c(c1)[C@H]1OCCN[C@@H]1CCO2. The number of hydrogen-bond acceptors (Lipinski definition) is 3. The molecule has 0 unspecified atom stereocenters. The minimum Gasteiger partial charge on any atom is -0.493 e. The van der Waals surface area contributed by atoms with Gasteiger partial charge in [0.1, 0.15) is 17.7 Å². The van der Waals surface area contributed by atoms with E-state index in [2.05, 4.69) is 5.32 Å². The van der Waals surface area contributed by atoms with E-state index in [0.717, 1.165) is 24.3 Å². The lowest BCUT2D eigenvalue weighted by Crippen LogP contribution is -2.43. The van der Waals surface area contributed by atoms with Crippen LogP contribution in [-0.4, -0.2) is 25.8 Å². The molecule has 2 aliphatic heterocycles. The van der Waals surface area contributed by atoms with Crippen LogP contribution in [0.4, 0.5) is 4.39 Å². The van der Waals surface area contributed by atoms with E-state index in [9.17, 15) is 4.39 Å². The molecule has 0 radical (unpaired) electrons. The summed E-state index contributed by atoms with van der Waals surface area (Å²) in [5, 5.41) is 3.39.